The Morgan fingerprint density at radius 3 is 2.90 bits per heavy atom. The zero-order chi connectivity index (χ0) is 14.5. The summed E-state index contributed by atoms with van der Waals surface area (Å²) in [7, 11) is 0. The quantitative estimate of drug-likeness (QED) is 0.824. The van der Waals surface area contributed by atoms with Crippen LogP contribution in [0.3, 0.4) is 0 Å². The lowest BCUT2D eigenvalue weighted by atomic mass is 10.2. The SMILES string of the molecule is CCOc1cccc(CNc2cnc(Cl)c(C)c2)c1O. The Kier molecular flexibility index (Phi) is 4.69. The molecular formula is C15H17ClN2O2. The zero-order valence-corrected chi connectivity index (χ0v) is 12.2. The minimum absolute atomic E-state index is 0.167. The van der Waals surface area contributed by atoms with Crippen molar-refractivity contribution >= 4 is 17.3 Å². The van der Waals surface area contributed by atoms with Crippen molar-refractivity contribution in [1.82, 2.24) is 4.98 Å². The van der Waals surface area contributed by atoms with Crippen LogP contribution in [0, 0.1) is 6.92 Å². The second kappa shape index (κ2) is 6.48. The van der Waals surface area contributed by atoms with Gasteiger partial charge < -0.3 is 15.2 Å². The van der Waals surface area contributed by atoms with Crippen molar-refractivity contribution in [2.45, 2.75) is 20.4 Å². The summed E-state index contributed by atoms with van der Waals surface area (Å²) in [6, 6.07) is 7.36. The number of ether oxygens (including phenoxy) is 1. The molecule has 0 unspecified atom stereocenters. The van der Waals surface area contributed by atoms with Crippen molar-refractivity contribution in [1.29, 1.82) is 0 Å². The van der Waals surface area contributed by atoms with Gasteiger partial charge in [0.05, 0.1) is 18.5 Å². The lowest BCUT2D eigenvalue weighted by molar-refractivity contribution is 0.317. The van der Waals surface area contributed by atoms with Crippen LogP contribution in [0.1, 0.15) is 18.1 Å². The number of nitrogens with zero attached hydrogens (tertiary/aromatic N) is 1. The van der Waals surface area contributed by atoms with E-state index in [1.807, 2.05) is 32.0 Å². The van der Waals surface area contributed by atoms with E-state index in [9.17, 15) is 5.11 Å². The van der Waals surface area contributed by atoms with Gasteiger partial charge in [-0.15, -0.1) is 0 Å². The highest BCUT2D eigenvalue weighted by Crippen LogP contribution is 2.30. The van der Waals surface area contributed by atoms with Crippen LogP contribution in [0.4, 0.5) is 5.69 Å². The molecule has 1 aromatic heterocycles. The van der Waals surface area contributed by atoms with Crippen molar-refractivity contribution in [3.05, 3.63) is 46.7 Å². The molecule has 0 bridgehead atoms. The fourth-order valence-corrected chi connectivity index (χ4v) is 1.94. The van der Waals surface area contributed by atoms with Gasteiger partial charge in [-0.3, -0.25) is 0 Å². The maximum absolute atomic E-state index is 10.1. The fourth-order valence-electron chi connectivity index (χ4n) is 1.83. The normalized spacial score (nSPS) is 10.3. The smallest absolute Gasteiger partial charge is 0.162 e. The van der Waals surface area contributed by atoms with Crippen LogP contribution < -0.4 is 10.1 Å². The molecule has 1 aromatic carbocycles. The van der Waals surface area contributed by atoms with E-state index in [4.69, 9.17) is 16.3 Å². The van der Waals surface area contributed by atoms with Crippen molar-refractivity contribution in [2.24, 2.45) is 0 Å². The number of aryl methyl sites for hydroxylation is 1. The first kappa shape index (κ1) is 14.5. The van der Waals surface area contributed by atoms with Gasteiger partial charge in [-0.1, -0.05) is 23.7 Å². The summed E-state index contributed by atoms with van der Waals surface area (Å²) in [5.74, 6) is 0.665. The molecule has 106 valence electrons. The molecule has 2 N–H and O–H groups in total. The summed E-state index contributed by atoms with van der Waals surface area (Å²) < 4.78 is 5.36. The van der Waals surface area contributed by atoms with Gasteiger partial charge >= 0.3 is 0 Å². The van der Waals surface area contributed by atoms with E-state index < -0.39 is 0 Å². The Balaban J connectivity index is 2.10. The molecule has 0 spiro atoms. The molecule has 1 heterocycles. The Morgan fingerprint density at radius 1 is 1.40 bits per heavy atom. The lowest BCUT2D eigenvalue weighted by Gasteiger charge is -2.12. The molecule has 0 fully saturated rings. The van der Waals surface area contributed by atoms with Crippen molar-refractivity contribution in [2.75, 3.05) is 11.9 Å². The Labute approximate surface area is 123 Å². The first-order valence-corrected chi connectivity index (χ1v) is 6.79. The standard InChI is InChI=1S/C15H17ClN2O2/c1-3-20-13-6-4-5-11(14(13)19)8-17-12-7-10(2)15(16)18-9-12/h4-7,9,17,19H,3,8H2,1-2H3. The Bertz CT molecular complexity index is 602. The number of rotatable bonds is 5. The number of phenols is 1. The van der Waals surface area contributed by atoms with Gasteiger partial charge in [0, 0.05) is 12.1 Å². The number of hydrogen-bond acceptors (Lipinski definition) is 4. The van der Waals surface area contributed by atoms with E-state index in [0.717, 1.165) is 16.8 Å². The highest BCUT2D eigenvalue weighted by Gasteiger charge is 2.08. The summed E-state index contributed by atoms with van der Waals surface area (Å²) in [6.07, 6.45) is 1.67. The number of para-hydroxylation sites is 1. The van der Waals surface area contributed by atoms with Crippen LogP contribution in [0.5, 0.6) is 11.5 Å². The second-order valence-corrected chi connectivity index (χ2v) is 4.74. The molecule has 0 saturated carbocycles. The first-order valence-electron chi connectivity index (χ1n) is 6.41. The third-order valence-electron chi connectivity index (χ3n) is 2.88. The van der Waals surface area contributed by atoms with Gasteiger partial charge in [0.1, 0.15) is 5.15 Å². The van der Waals surface area contributed by atoms with Crippen LogP contribution >= 0.6 is 11.6 Å². The molecule has 0 saturated heterocycles. The van der Waals surface area contributed by atoms with E-state index in [-0.39, 0.29) is 5.75 Å². The van der Waals surface area contributed by atoms with Crippen molar-refractivity contribution in [3.8, 4) is 11.5 Å². The molecule has 0 aliphatic carbocycles. The van der Waals surface area contributed by atoms with Crippen LogP contribution in [-0.4, -0.2) is 16.7 Å². The number of hydrogen-bond donors (Lipinski definition) is 2. The van der Waals surface area contributed by atoms with Gasteiger partial charge in [-0.25, -0.2) is 4.98 Å². The average molecular weight is 293 g/mol. The molecule has 0 atom stereocenters. The number of aromatic hydroxyl groups is 1. The molecule has 5 heteroatoms. The number of benzene rings is 1. The highest BCUT2D eigenvalue weighted by molar-refractivity contribution is 6.30. The molecule has 4 nitrogen and oxygen atoms in total. The molecule has 0 amide bonds. The third-order valence-corrected chi connectivity index (χ3v) is 3.28. The van der Waals surface area contributed by atoms with Gasteiger partial charge in [-0.2, -0.15) is 0 Å². The Morgan fingerprint density at radius 2 is 2.20 bits per heavy atom. The van der Waals surface area contributed by atoms with Crippen LogP contribution in [0.15, 0.2) is 30.5 Å². The Hall–Kier alpha value is -1.94. The number of aromatic nitrogens is 1. The van der Waals surface area contributed by atoms with Crippen LogP contribution in [0.25, 0.3) is 0 Å². The van der Waals surface area contributed by atoms with Crippen LogP contribution in [-0.2, 0) is 6.54 Å². The van der Waals surface area contributed by atoms with Crippen LogP contribution in [0.2, 0.25) is 5.15 Å². The minimum Gasteiger partial charge on any atom is -0.504 e. The molecule has 0 radical (unpaired) electrons. The number of nitrogens with one attached hydrogen (secondary N) is 1. The average Bonchev–Trinajstić information content (AvgIpc) is 2.44. The van der Waals surface area contributed by atoms with E-state index in [1.54, 1.807) is 12.3 Å². The number of phenolic OH excluding ortho intramolecular Hbond substituents is 1. The number of halogens is 1. The van der Waals surface area contributed by atoms with E-state index in [2.05, 4.69) is 10.3 Å². The monoisotopic (exact) mass is 292 g/mol. The number of anilines is 1. The fraction of sp³-hybridized carbons (Fsp3) is 0.267. The highest BCUT2D eigenvalue weighted by atomic mass is 35.5. The van der Waals surface area contributed by atoms with Crippen molar-refractivity contribution < 1.29 is 9.84 Å². The second-order valence-electron chi connectivity index (χ2n) is 4.38. The maximum atomic E-state index is 10.1. The zero-order valence-electron chi connectivity index (χ0n) is 11.5. The van der Waals surface area contributed by atoms with Gasteiger partial charge in [0.25, 0.3) is 0 Å². The summed E-state index contributed by atoms with van der Waals surface area (Å²) in [4.78, 5) is 4.08. The predicted molar refractivity (Wildman–Crippen MR) is 80.6 cm³/mol. The summed E-state index contributed by atoms with van der Waals surface area (Å²) in [5, 5.41) is 13.8. The first-order chi connectivity index (χ1) is 9.61. The van der Waals surface area contributed by atoms with Gasteiger partial charge in [0.2, 0.25) is 0 Å². The van der Waals surface area contributed by atoms with E-state index in [1.165, 1.54) is 0 Å². The maximum Gasteiger partial charge on any atom is 0.162 e. The van der Waals surface area contributed by atoms with Gasteiger partial charge in [0.15, 0.2) is 11.5 Å². The van der Waals surface area contributed by atoms with Crippen molar-refractivity contribution in [3.63, 3.8) is 0 Å². The molecule has 0 aliphatic rings. The lowest BCUT2D eigenvalue weighted by Crippen LogP contribution is -2.02. The molecule has 2 aromatic rings. The molecular weight excluding hydrogens is 276 g/mol. The molecule has 20 heavy (non-hydrogen) atoms. The molecule has 0 aliphatic heterocycles. The topological polar surface area (TPSA) is 54.4 Å². The summed E-state index contributed by atoms with van der Waals surface area (Å²) in [5.41, 5.74) is 2.53. The van der Waals surface area contributed by atoms with E-state index in [0.29, 0.717) is 24.1 Å². The predicted octanol–water partition coefficient (Wildman–Crippen LogP) is 3.76. The summed E-state index contributed by atoms with van der Waals surface area (Å²) in [6.45, 7) is 4.78. The largest absolute Gasteiger partial charge is 0.504 e. The van der Waals surface area contributed by atoms with Gasteiger partial charge in [-0.05, 0) is 31.5 Å². The third kappa shape index (κ3) is 3.33. The summed E-state index contributed by atoms with van der Waals surface area (Å²) >= 11 is 5.88. The minimum atomic E-state index is 0.167. The molecule has 2 rings (SSSR count). The number of pyridine rings is 1. The van der Waals surface area contributed by atoms with E-state index >= 15 is 0 Å².